The van der Waals surface area contributed by atoms with Crippen LogP contribution < -0.4 is 5.32 Å². The zero-order valence-electron chi connectivity index (χ0n) is 12.3. The van der Waals surface area contributed by atoms with Crippen LogP contribution >= 0.6 is 0 Å². The van der Waals surface area contributed by atoms with Crippen molar-refractivity contribution < 1.29 is 0 Å². The van der Waals surface area contributed by atoms with Crippen molar-refractivity contribution in [3.63, 3.8) is 0 Å². The number of aromatic nitrogens is 4. The highest BCUT2D eigenvalue weighted by molar-refractivity contribution is 5.06. The average molecular weight is 273 g/mol. The van der Waals surface area contributed by atoms with Crippen LogP contribution in [0.1, 0.15) is 42.4 Å². The number of aryl methyl sites for hydroxylation is 3. The molecule has 2 heterocycles. The van der Waals surface area contributed by atoms with Crippen molar-refractivity contribution in [1.82, 2.24) is 24.6 Å². The van der Waals surface area contributed by atoms with Crippen molar-refractivity contribution in [3.05, 3.63) is 35.7 Å². The number of imidazole rings is 1. The Morgan fingerprint density at radius 1 is 1.35 bits per heavy atom. The first-order chi connectivity index (χ1) is 9.74. The second-order valence-electron chi connectivity index (χ2n) is 5.70. The van der Waals surface area contributed by atoms with E-state index in [0.29, 0.717) is 6.04 Å². The lowest BCUT2D eigenvalue weighted by Gasteiger charge is -2.08. The first-order valence-electron chi connectivity index (χ1n) is 7.46. The van der Waals surface area contributed by atoms with Gasteiger partial charge < -0.3 is 9.88 Å². The molecule has 3 rings (SSSR count). The van der Waals surface area contributed by atoms with Gasteiger partial charge in [0.25, 0.3) is 0 Å². The number of nitrogens with one attached hydrogen (secondary N) is 1. The molecule has 5 heteroatoms. The van der Waals surface area contributed by atoms with E-state index in [1.807, 2.05) is 19.4 Å². The van der Waals surface area contributed by atoms with Crippen LogP contribution in [-0.2, 0) is 13.1 Å². The quantitative estimate of drug-likeness (QED) is 0.787. The maximum absolute atomic E-state index is 4.48. The fraction of sp³-hybridized carbons (Fsp3) is 0.600. The number of hydrogen-bond donors (Lipinski definition) is 1. The van der Waals surface area contributed by atoms with E-state index in [1.165, 1.54) is 24.2 Å². The van der Waals surface area contributed by atoms with Gasteiger partial charge in [-0.2, -0.15) is 5.10 Å². The fourth-order valence-corrected chi connectivity index (χ4v) is 2.62. The molecule has 1 saturated carbocycles. The molecule has 0 unspecified atom stereocenters. The third-order valence-corrected chi connectivity index (χ3v) is 3.82. The van der Waals surface area contributed by atoms with Crippen LogP contribution in [0.5, 0.6) is 0 Å². The number of hydrogen-bond acceptors (Lipinski definition) is 3. The van der Waals surface area contributed by atoms with Gasteiger partial charge in [0.1, 0.15) is 0 Å². The standard InChI is InChI=1S/C15H23N5/c1-12-8-13(2)20(18-12)7-3-6-16-9-15-10-17-11-19(15)14-4-5-14/h8,10-11,14,16H,3-7,9H2,1-2H3. The van der Waals surface area contributed by atoms with E-state index in [-0.39, 0.29) is 0 Å². The monoisotopic (exact) mass is 273 g/mol. The Balaban J connectivity index is 1.40. The molecule has 1 aliphatic carbocycles. The van der Waals surface area contributed by atoms with Crippen molar-refractivity contribution in [3.8, 4) is 0 Å². The van der Waals surface area contributed by atoms with E-state index in [9.17, 15) is 0 Å². The molecule has 0 bridgehead atoms. The summed E-state index contributed by atoms with van der Waals surface area (Å²) in [7, 11) is 0. The molecule has 108 valence electrons. The molecule has 0 aromatic carbocycles. The zero-order chi connectivity index (χ0) is 13.9. The van der Waals surface area contributed by atoms with E-state index in [2.05, 4.69) is 37.6 Å². The molecule has 0 aliphatic heterocycles. The maximum Gasteiger partial charge on any atom is 0.0951 e. The number of rotatable bonds is 7. The minimum atomic E-state index is 0.712. The summed E-state index contributed by atoms with van der Waals surface area (Å²) in [5.41, 5.74) is 3.65. The second kappa shape index (κ2) is 5.79. The third kappa shape index (κ3) is 3.10. The van der Waals surface area contributed by atoms with Crippen molar-refractivity contribution in [2.24, 2.45) is 0 Å². The largest absolute Gasteiger partial charge is 0.330 e. The minimum Gasteiger partial charge on any atom is -0.330 e. The molecule has 0 amide bonds. The first-order valence-corrected chi connectivity index (χ1v) is 7.46. The van der Waals surface area contributed by atoms with Gasteiger partial charge >= 0.3 is 0 Å². The lowest BCUT2D eigenvalue weighted by Crippen LogP contribution is -2.19. The SMILES string of the molecule is Cc1cc(C)n(CCCNCc2cncn2C2CC2)n1. The van der Waals surface area contributed by atoms with Crippen molar-refractivity contribution in [2.45, 2.75) is 52.2 Å². The zero-order valence-corrected chi connectivity index (χ0v) is 12.3. The van der Waals surface area contributed by atoms with Crippen LogP contribution in [0.25, 0.3) is 0 Å². The highest BCUT2D eigenvalue weighted by Crippen LogP contribution is 2.35. The predicted molar refractivity (Wildman–Crippen MR) is 78.5 cm³/mol. The van der Waals surface area contributed by atoms with E-state index < -0.39 is 0 Å². The summed E-state index contributed by atoms with van der Waals surface area (Å²) in [4.78, 5) is 4.25. The van der Waals surface area contributed by atoms with Crippen molar-refractivity contribution in [2.75, 3.05) is 6.54 Å². The van der Waals surface area contributed by atoms with Crippen molar-refractivity contribution >= 4 is 0 Å². The van der Waals surface area contributed by atoms with E-state index in [0.717, 1.165) is 31.7 Å². The fourth-order valence-electron chi connectivity index (χ4n) is 2.62. The predicted octanol–water partition coefficient (Wildman–Crippen LogP) is 2.21. The summed E-state index contributed by atoms with van der Waals surface area (Å²) in [6, 6.07) is 2.84. The highest BCUT2D eigenvalue weighted by Gasteiger charge is 2.24. The molecular weight excluding hydrogens is 250 g/mol. The molecule has 1 aliphatic rings. The maximum atomic E-state index is 4.48. The Morgan fingerprint density at radius 2 is 2.20 bits per heavy atom. The molecule has 1 fully saturated rings. The molecular formula is C15H23N5. The van der Waals surface area contributed by atoms with Crippen LogP contribution in [-0.4, -0.2) is 25.9 Å². The Hall–Kier alpha value is -1.62. The molecule has 5 nitrogen and oxygen atoms in total. The normalized spacial score (nSPS) is 14.9. The summed E-state index contributed by atoms with van der Waals surface area (Å²) in [5.74, 6) is 0. The summed E-state index contributed by atoms with van der Waals surface area (Å²) in [6.07, 6.45) is 7.65. The Kier molecular flexibility index (Phi) is 3.87. The van der Waals surface area contributed by atoms with Gasteiger partial charge in [0, 0.05) is 31.0 Å². The topological polar surface area (TPSA) is 47.7 Å². The van der Waals surface area contributed by atoms with Gasteiger partial charge in [0.15, 0.2) is 0 Å². The Labute approximate surface area is 120 Å². The van der Waals surface area contributed by atoms with Gasteiger partial charge in [-0.15, -0.1) is 0 Å². The smallest absolute Gasteiger partial charge is 0.0951 e. The first kappa shape index (κ1) is 13.4. The molecule has 20 heavy (non-hydrogen) atoms. The van der Waals surface area contributed by atoms with Gasteiger partial charge in [0.2, 0.25) is 0 Å². The van der Waals surface area contributed by atoms with E-state index >= 15 is 0 Å². The summed E-state index contributed by atoms with van der Waals surface area (Å²) in [6.45, 7) is 7.05. The summed E-state index contributed by atoms with van der Waals surface area (Å²) >= 11 is 0. The Morgan fingerprint density at radius 3 is 2.90 bits per heavy atom. The van der Waals surface area contributed by atoms with E-state index in [1.54, 1.807) is 0 Å². The summed E-state index contributed by atoms with van der Waals surface area (Å²) < 4.78 is 4.40. The molecule has 0 saturated heterocycles. The van der Waals surface area contributed by atoms with Crippen LogP contribution in [0.4, 0.5) is 0 Å². The molecule has 2 aromatic heterocycles. The van der Waals surface area contributed by atoms with Gasteiger partial charge in [-0.1, -0.05) is 0 Å². The Bertz CT molecular complexity index is 565. The number of nitrogens with zero attached hydrogens (tertiary/aromatic N) is 4. The highest BCUT2D eigenvalue weighted by atomic mass is 15.3. The third-order valence-electron chi connectivity index (χ3n) is 3.82. The second-order valence-corrected chi connectivity index (χ2v) is 5.70. The van der Waals surface area contributed by atoms with Crippen LogP contribution in [0.3, 0.4) is 0 Å². The minimum absolute atomic E-state index is 0.712. The van der Waals surface area contributed by atoms with Gasteiger partial charge in [-0.3, -0.25) is 4.68 Å². The van der Waals surface area contributed by atoms with Crippen LogP contribution in [0.15, 0.2) is 18.6 Å². The average Bonchev–Trinajstić information content (AvgIpc) is 3.07. The van der Waals surface area contributed by atoms with Gasteiger partial charge in [-0.05, 0) is 45.7 Å². The van der Waals surface area contributed by atoms with Crippen molar-refractivity contribution in [1.29, 1.82) is 0 Å². The lowest BCUT2D eigenvalue weighted by atomic mass is 10.3. The molecule has 0 atom stereocenters. The van der Waals surface area contributed by atoms with Gasteiger partial charge in [0.05, 0.1) is 17.7 Å². The van der Waals surface area contributed by atoms with Crippen LogP contribution in [0.2, 0.25) is 0 Å². The lowest BCUT2D eigenvalue weighted by molar-refractivity contribution is 0.524. The molecule has 0 radical (unpaired) electrons. The van der Waals surface area contributed by atoms with E-state index in [4.69, 9.17) is 0 Å². The summed E-state index contributed by atoms with van der Waals surface area (Å²) in [5, 5.41) is 7.98. The molecule has 2 aromatic rings. The van der Waals surface area contributed by atoms with Crippen LogP contribution in [0, 0.1) is 13.8 Å². The molecule has 0 spiro atoms. The molecule has 1 N–H and O–H groups in total. The van der Waals surface area contributed by atoms with Gasteiger partial charge in [-0.25, -0.2) is 4.98 Å².